The fourth-order valence-electron chi connectivity index (χ4n) is 2.38. The minimum absolute atomic E-state index is 0.0439. The monoisotopic (exact) mass is 374 g/mol. The maximum atomic E-state index is 11.4. The van der Waals surface area contributed by atoms with Crippen LogP contribution in [0.4, 0.5) is 11.6 Å². The number of ether oxygens (including phenoxy) is 1. The van der Waals surface area contributed by atoms with Gasteiger partial charge < -0.3 is 20.5 Å². The Hall–Kier alpha value is -1.41. The number of carbonyl (C=O) groups is 1. The minimum atomic E-state index is -0.334. The molecule has 1 fully saturated rings. The number of aliphatic hydroxyl groups excluding tert-OH is 1. The number of nitrogens with zero attached hydrogens (tertiary/aromatic N) is 2. The molecule has 1 heterocycles. The number of hydrogen-bond donors (Lipinski definition) is 3. The van der Waals surface area contributed by atoms with Crippen LogP contribution < -0.4 is 10.6 Å². The smallest absolute Gasteiger partial charge is 0.325 e. The summed E-state index contributed by atoms with van der Waals surface area (Å²) in [6, 6.07) is 0.246. The van der Waals surface area contributed by atoms with E-state index in [1.807, 2.05) is 0 Å². The van der Waals surface area contributed by atoms with Gasteiger partial charge in [0.1, 0.15) is 11.1 Å². The van der Waals surface area contributed by atoms with Crippen LogP contribution in [0.1, 0.15) is 32.6 Å². The first-order valence-electron chi connectivity index (χ1n) is 7.45. The van der Waals surface area contributed by atoms with Crippen molar-refractivity contribution < 1.29 is 14.6 Å². The molecule has 22 heavy (non-hydrogen) atoms. The summed E-state index contributed by atoms with van der Waals surface area (Å²) in [4.78, 5) is 20.1. The molecule has 122 valence electrons. The molecule has 1 saturated carbocycles. The second-order valence-corrected chi connectivity index (χ2v) is 6.01. The van der Waals surface area contributed by atoms with Crippen molar-refractivity contribution in [2.45, 2.75) is 44.8 Å². The fourth-order valence-corrected chi connectivity index (χ4v) is 2.66. The van der Waals surface area contributed by atoms with Gasteiger partial charge in [0.2, 0.25) is 0 Å². The molecule has 2 rings (SSSR count). The van der Waals surface area contributed by atoms with Gasteiger partial charge in [-0.1, -0.05) is 0 Å². The number of esters is 1. The summed E-state index contributed by atoms with van der Waals surface area (Å²) >= 11 is 3.30. The minimum Gasteiger partial charge on any atom is -0.465 e. The van der Waals surface area contributed by atoms with Crippen LogP contribution in [0.25, 0.3) is 0 Å². The van der Waals surface area contributed by atoms with Gasteiger partial charge in [-0.25, -0.2) is 9.97 Å². The molecular formula is C14H21BrN4O3. The Kier molecular flexibility index (Phi) is 6.38. The van der Waals surface area contributed by atoms with Crippen LogP contribution in [0.5, 0.6) is 0 Å². The first-order valence-corrected chi connectivity index (χ1v) is 8.24. The number of hydrogen-bond acceptors (Lipinski definition) is 7. The zero-order chi connectivity index (χ0) is 15.9. The van der Waals surface area contributed by atoms with Crippen molar-refractivity contribution in [3.05, 3.63) is 10.8 Å². The number of carbonyl (C=O) groups excluding carboxylic acids is 1. The van der Waals surface area contributed by atoms with Crippen molar-refractivity contribution in [2.24, 2.45) is 0 Å². The first kappa shape index (κ1) is 17.0. The van der Waals surface area contributed by atoms with E-state index in [9.17, 15) is 9.90 Å². The first-order chi connectivity index (χ1) is 10.6. The highest BCUT2D eigenvalue weighted by atomic mass is 79.9. The van der Waals surface area contributed by atoms with Gasteiger partial charge in [-0.05, 0) is 48.5 Å². The molecule has 0 aromatic carbocycles. The lowest BCUT2D eigenvalue weighted by Gasteiger charge is -2.27. The van der Waals surface area contributed by atoms with E-state index in [4.69, 9.17) is 4.74 Å². The van der Waals surface area contributed by atoms with E-state index in [0.29, 0.717) is 22.8 Å². The Bertz CT molecular complexity index is 507. The van der Waals surface area contributed by atoms with E-state index < -0.39 is 0 Å². The number of rotatable bonds is 6. The standard InChI is InChI=1S/C14H21BrN4O3/c1-2-22-12(21)8-17-13-14(19-11(15)7-16-13)18-9-3-5-10(20)6-4-9/h7,9-10,20H,2-6,8H2,1H3,(H,16,17)(H,18,19)/t9-,10-/i8+1,12+1. The molecule has 8 heteroatoms. The maximum absolute atomic E-state index is 11.4. The molecule has 0 spiro atoms. The lowest BCUT2D eigenvalue weighted by molar-refractivity contribution is -0.140. The molecule has 0 bridgehead atoms. The predicted molar refractivity (Wildman–Crippen MR) is 86.7 cm³/mol. The zero-order valence-corrected chi connectivity index (χ0v) is 14.1. The second-order valence-electron chi connectivity index (χ2n) is 5.20. The van der Waals surface area contributed by atoms with E-state index in [1.54, 1.807) is 13.1 Å². The number of anilines is 2. The average Bonchev–Trinajstić information content (AvgIpc) is 2.49. The van der Waals surface area contributed by atoms with E-state index >= 15 is 0 Å². The van der Waals surface area contributed by atoms with Gasteiger partial charge in [-0.2, -0.15) is 0 Å². The van der Waals surface area contributed by atoms with Crippen molar-refractivity contribution in [1.29, 1.82) is 0 Å². The Morgan fingerprint density at radius 1 is 1.41 bits per heavy atom. The van der Waals surface area contributed by atoms with Gasteiger partial charge in [0.15, 0.2) is 11.6 Å². The van der Waals surface area contributed by atoms with Crippen molar-refractivity contribution in [3.8, 4) is 0 Å². The molecule has 0 unspecified atom stereocenters. The van der Waals surface area contributed by atoms with Gasteiger partial charge in [0, 0.05) is 6.04 Å². The van der Waals surface area contributed by atoms with Gasteiger partial charge in [-0.3, -0.25) is 4.79 Å². The van der Waals surface area contributed by atoms with E-state index in [-0.39, 0.29) is 24.7 Å². The van der Waals surface area contributed by atoms with Crippen molar-refractivity contribution in [3.63, 3.8) is 0 Å². The highest BCUT2D eigenvalue weighted by molar-refractivity contribution is 9.10. The summed E-state index contributed by atoms with van der Waals surface area (Å²) in [5.74, 6) is 0.779. The highest BCUT2D eigenvalue weighted by Gasteiger charge is 2.21. The van der Waals surface area contributed by atoms with Crippen LogP contribution in [-0.2, 0) is 9.53 Å². The molecule has 0 atom stereocenters. The van der Waals surface area contributed by atoms with E-state index in [0.717, 1.165) is 25.7 Å². The largest absolute Gasteiger partial charge is 0.465 e. The zero-order valence-electron chi connectivity index (χ0n) is 12.5. The third-order valence-corrected chi connectivity index (χ3v) is 3.87. The molecule has 0 radical (unpaired) electrons. The Balaban J connectivity index is 1.99. The van der Waals surface area contributed by atoms with Crippen LogP contribution in [0, 0.1) is 0 Å². The summed E-state index contributed by atoms with van der Waals surface area (Å²) in [6.07, 6.45) is 4.70. The fraction of sp³-hybridized carbons (Fsp3) is 0.643. The van der Waals surface area contributed by atoms with Crippen LogP contribution in [-0.4, -0.2) is 46.3 Å². The molecular weight excluding hydrogens is 354 g/mol. The average molecular weight is 375 g/mol. The number of aromatic nitrogens is 2. The van der Waals surface area contributed by atoms with Crippen LogP contribution in [0.15, 0.2) is 10.8 Å². The van der Waals surface area contributed by atoms with Gasteiger partial charge in [0.25, 0.3) is 0 Å². The lowest BCUT2D eigenvalue weighted by atomic mass is 9.93. The lowest BCUT2D eigenvalue weighted by Crippen LogP contribution is -2.29. The Morgan fingerprint density at radius 2 is 2.14 bits per heavy atom. The molecule has 1 aromatic rings. The number of nitrogens with one attached hydrogen (secondary N) is 2. The van der Waals surface area contributed by atoms with E-state index in [1.165, 1.54) is 0 Å². The van der Waals surface area contributed by atoms with Crippen molar-refractivity contribution in [1.82, 2.24) is 9.97 Å². The van der Waals surface area contributed by atoms with Crippen molar-refractivity contribution in [2.75, 3.05) is 23.8 Å². The maximum Gasteiger partial charge on any atom is 0.325 e. The quantitative estimate of drug-likeness (QED) is 0.516. The Morgan fingerprint density at radius 3 is 2.82 bits per heavy atom. The molecule has 7 nitrogen and oxygen atoms in total. The Labute approximate surface area is 138 Å². The summed E-state index contributed by atoms with van der Waals surface area (Å²) in [5.41, 5.74) is 0. The second kappa shape index (κ2) is 8.28. The van der Waals surface area contributed by atoms with Crippen LogP contribution >= 0.6 is 15.9 Å². The number of aliphatic hydroxyl groups is 1. The number of halogens is 1. The normalized spacial score (nSPS) is 21.2. The summed E-state index contributed by atoms with van der Waals surface area (Å²) in [6.45, 7) is 2.16. The summed E-state index contributed by atoms with van der Waals surface area (Å²) in [7, 11) is 0. The predicted octanol–water partition coefficient (Wildman–Crippen LogP) is 1.93. The highest BCUT2D eigenvalue weighted by Crippen LogP contribution is 2.25. The van der Waals surface area contributed by atoms with Gasteiger partial charge in [-0.15, -0.1) is 0 Å². The molecule has 1 aliphatic rings. The summed E-state index contributed by atoms with van der Waals surface area (Å²) < 4.78 is 5.50. The van der Waals surface area contributed by atoms with Gasteiger partial charge in [0.05, 0.1) is 18.9 Å². The van der Waals surface area contributed by atoms with E-state index in [2.05, 4.69) is 36.5 Å². The molecule has 1 aromatic heterocycles. The summed E-state index contributed by atoms with van der Waals surface area (Å²) in [5, 5.41) is 15.8. The molecule has 0 amide bonds. The van der Waals surface area contributed by atoms with Crippen molar-refractivity contribution >= 4 is 33.5 Å². The molecule has 0 aliphatic heterocycles. The van der Waals surface area contributed by atoms with Crippen LogP contribution in [0.3, 0.4) is 0 Å². The SMILES string of the molecule is CCO[13C](=O)[13CH2]Nc1ncc(Br)nc1N[C@H]1CC[C@H](O)CC1. The third kappa shape index (κ3) is 5.10. The topological polar surface area (TPSA) is 96.4 Å². The van der Waals surface area contributed by atoms with Crippen LogP contribution in [0.2, 0.25) is 0 Å². The molecule has 3 N–H and O–H groups in total. The molecule has 1 aliphatic carbocycles. The third-order valence-electron chi connectivity index (χ3n) is 3.49. The van der Waals surface area contributed by atoms with Gasteiger partial charge >= 0.3 is 5.97 Å². The molecule has 0 saturated heterocycles.